The third-order valence-corrected chi connectivity index (χ3v) is 8.32. The summed E-state index contributed by atoms with van der Waals surface area (Å²) >= 11 is 0. The smallest absolute Gasteiger partial charge is 0.264 e. The largest absolute Gasteiger partial charge is 0.493 e. The highest BCUT2D eigenvalue weighted by molar-refractivity contribution is 7.92. The number of carbonyl (C=O) groups is 2. The van der Waals surface area contributed by atoms with Gasteiger partial charge in [0.25, 0.3) is 10.0 Å². The highest BCUT2D eigenvalue weighted by Crippen LogP contribution is 2.34. The van der Waals surface area contributed by atoms with Crippen molar-refractivity contribution < 1.29 is 31.9 Å². The standard InChI is InChI=1S/C30H36FN3O6S/c1-5-6-18-32-30(36)22(2)33(20-23-12-14-24(31)15-13-23)29(35)21-34(41(37,38)26-10-8-7-9-11-26)25-16-17-27(39-3)28(19-25)40-4/h7-17,19,22H,5-6,18,20-21H2,1-4H3,(H,32,36). The second kappa shape index (κ2) is 14.5. The third-order valence-electron chi connectivity index (χ3n) is 6.53. The van der Waals surface area contributed by atoms with E-state index in [0.717, 1.165) is 17.1 Å². The van der Waals surface area contributed by atoms with Gasteiger partial charge in [-0.1, -0.05) is 43.7 Å². The minimum Gasteiger partial charge on any atom is -0.493 e. The van der Waals surface area contributed by atoms with E-state index in [1.54, 1.807) is 31.2 Å². The van der Waals surface area contributed by atoms with E-state index in [0.29, 0.717) is 17.9 Å². The van der Waals surface area contributed by atoms with Gasteiger partial charge < -0.3 is 19.7 Å². The Hall–Kier alpha value is -4.12. The normalized spacial score (nSPS) is 11.8. The summed E-state index contributed by atoms with van der Waals surface area (Å²) in [6, 6.07) is 16.9. The Morgan fingerprint density at radius 3 is 2.22 bits per heavy atom. The molecule has 220 valence electrons. The van der Waals surface area contributed by atoms with Gasteiger partial charge in [0.1, 0.15) is 18.4 Å². The second-order valence-corrected chi connectivity index (χ2v) is 11.2. The van der Waals surface area contributed by atoms with Crippen molar-refractivity contribution in [2.75, 3.05) is 31.6 Å². The number of benzene rings is 3. The third kappa shape index (κ3) is 7.97. The number of hydrogen-bond donors (Lipinski definition) is 1. The van der Waals surface area contributed by atoms with Crippen molar-refractivity contribution >= 4 is 27.5 Å². The fraction of sp³-hybridized carbons (Fsp3) is 0.333. The molecule has 41 heavy (non-hydrogen) atoms. The summed E-state index contributed by atoms with van der Waals surface area (Å²) in [6.45, 7) is 3.37. The summed E-state index contributed by atoms with van der Waals surface area (Å²) in [5.74, 6) is -0.780. The predicted molar refractivity (Wildman–Crippen MR) is 155 cm³/mol. The zero-order chi connectivity index (χ0) is 30.0. The Morgan fingerprint density at radius 1 is 0.951 bits per heavy atom. The number of hydrogen-bond acceptors (Lipinski definition) is 6. The van der Waals surface area contributed by atoms with Crippen LogP contribution < -0.4 is 19.1 Å². The minimum atomic E-state index is -4.23. The molecule has 0 aliphatic carbocycles. The number of carbonyl (C=O) groups excluding carboxylic acids is 2. The van der Waals surface area contributed by atoms with Gasteiger partial charge in [-0.05, 0) is 55.3 Å². The summed E-state index contributed by atoms with van der Waals surface area (Å²) in [5, 5.41) is 2.83. The van der Waals surface area contributed by atoms with Crippen LogP contribution in [0.4, 0.5) is 10.1 Å². The van der Waals surface area contributed by atoms with Gasteiger partial charge in [0.2, 0.25) is 11.8 Å². The number of methoxy groups -OCH3 is 2. The molecule has 9 nitrogen and oxygen atoms in total. The number of halogens is 1. The van der Waals surface area contributed by atoms with Gasteiger partial charge in [-0.3, -0.25) is 13.9 Å². The van der Waals surface area contributed by atoms with Crippen molar-refractivity contribution in [1.29, 1.82) is 0 Å². The molecule has 0 radical (unpaired) electrons. The van der Waals surface area contributed by atoms with Crippen LogP contribution in [-0.2, 0) is 26.2 Å². The molecule has 0 spiro atoms. The van der Waals surface area contributed by atoms with Crippen molar-refractivity contribution in [3.05, 3.63) is 84.2 Å². The molecule has 1 N–H and O–H groups in total. The molecule has 0 saturated heterocycles. The first-order valence-electron chi connectivity index (χ1n) is 13.2. The number of amides is 2. The predicted octanol–water partition coefficient (Wildman–Crippen LogP) is 4.37. The topological polar surface area (TPSA) is 105 Å². The quantitative estimate of drug-likeness (QED) is 0.282. The molecular formula is C30H36FN3O6S. The molecule has 3 aromatic carbocycles. The van der Waals surface area contributed by atoms with E-state index in [4.69, 9.17) is 9.47 Å². The lowest BCUT2D eigenvalue weighted by Gasteiger charge is -2.32. The molecule has 0 heterocycles. The number of unbranched alkanes of at least 4 members (excludes halogenated alkanes) is 1. The Labute approximate surface area is 240 Å². The number of anilines is 1. The van der Waals surface area contributed by atoms with Crippen LogP contribution in [0, 0.1) is 5.82 Å². The molecule has 0 fully saturated rings. The van der Waals surface area contributed by atoms with Crippen LogP contribution in [0.2, 0.25) is 0 Å². The molecule has 3 aromatic rings. The Morgan fingerprint density at radius 2 is 1.61 bits per heavy atom. The van der Waals surface area contributed by atoms with Gasteiger partial charge in [-0.2, -0.15) is 0 Å². The maximum Gasteiger partial charge on any atom is 0.264 e. The first kappa shape index (κ1) is 31.4. The zero-order valence-corrected chi connectivity index (χ0v) is 24.5. The van der Waals surface area contributed by atoms with Gasteiger partial charge in [0, 0.05) is 19.2 Å². The number of nitrogens with zero attached hydrogens (tertiary/aromatic N) is 2. The number of rotatable bonds is 14. The van der Waals surface area contributed by atoms with Gasteiger partial charge >= 0.3 is 0 Å². The summed E-state index contributed by atoms with van der Waals surface area (Å²) in [5.41, 5.74) is 0.748. The SMILES string of the molecule is CCCCNC(=O)C(C)N(Cc1ccc(F)cc1)C(=O)CN(c1ccc(OC)c(OC)c1)S(=O)(=O)c1ccccc1. The van der Waals surface area contributed by atoms with Crippen LogP contribution in [-0.4, -0.2) is 58.5 Å². The Kier molecular flexibility index (Phi) is 11.1. The number of sulfonamides is 1. The Balaban J connectivity index is 2.04. The van der Waals surface area contributed by atoms with Crippen LogP contribution in [0.25, 0.3) is 0 Å². The van der Waals surface area contributed by atoms with Crippen molar-refractivity contribution in [2.45, 2.75) is 44.2 Å². The monoisotopic (exact) mass is 585 g/mol. The fourth-order valence-electron chi connectivity index (χ4n) is 4.13. The molecule has 0 bridgehead atoms. The lowest BCUT2D eigenvalue weighted by atomic mass is 10.1. The molecule has 2 amide bonds. The molecule has 0 aliphatic heterocycles. The van der Waals surface area contributed by atoms with Crippen LogP contribution in [0.15, 0.2) is 77.7 Å². The van der Waals surface area contributed by atoms with E-state index >= 15 is 0 Å². The summed E-state index contributed by atoms with van der Waals surface area (Å²) in [4.78, 5) is 28.2. The van der Waals surface area contributed by atoms with E-state index < -0.39 is 34.3 Å². The van der Waals surface area contributed by atoms with Crippen LogP contribution in [0.3, 0.4) is 0 Å². The maximum absolute atomic E-state index is 13.9. The summed E-state index contributed by atoms with van der Waals surface area (Å²) in [7, 11) is -1.35. The van der Waals surface area contributed by atoms with Crippen molar-refractivity contribution in [3.63, 3.8) is 0 Å². The van der Waals surface area contributed by atoms with Crippen molar-refractivity contribution in [3.8, 4) is 11.5 Å². The second-order valence-electron chi connectivity index (χ2n) is 9.33. The van der Waals surface area contributed by atoms with E-state index in [2.05, 4.69) is 5.32 Å². The fourth-order valence-corrected chi connectivity index (χ4v) is 5.56. The molecule has 1 unspecified atom stereocenters. The average Bonchev–Trinajstić information content (AvgIpc) is 2.99. The van der Waals surface area contributed by atoms with Crippen molar-refractivity contribution in [2.24, 2.45) is 0 Å². The number of ether oxygens (including phenoxy) is 2. The van der Waals surface area contributed by atoms with Crippen LogP contribution in [0.1, 0.15) is 32.3 Å². The highest BCUT2D eigenvalue weighted by Gasteiger charge is 2.33. The molecule has 0 aromatic heterocycles. The van der Waals surface area contributed by atoms with Gasteiger partial charge in [0.15, 0.2) is 11.5 Å². The van der Waals surface area contributed by atoms with Crippen molar-refractivity contribution in [1.82, 2.24) is 10.2 Å². The summed E-state index contributed by atoms with van der Waals surface area (Å²) in [6.07, 6.45) is 1.65. The van der Waals surface area contributed by atoms with Gasteiger partial charge in [-0.15, -0.1) is 0 Å². The van der Waals surface area contributed by atoms with E-state index in [1.807, 2.05) is 6.92 Å². The van der Waals surface area contributed by atoms with Crippen LogP contribution in [0.5, 0.6) is 11.5 Å². The Bertz CT molecular complexity index is 1420. The van der Waals surface area contributed by atoms with Gasteiger partial charge in [0.05, 0.1) is 24.8 Å². The molecule has 0 aliphatic rings. The zero-order valence-electron chi connectivity index (χ0n) is 23.7. The summed E-state index contributed by atoms with van der Waals surface area (Å²) < 4.78 is 53.0. The lowest BCUT2D eigenvalue weighted by molar-refractivity contribution is -0.139. The van der Waals surface area contributed by atoms with Crippen LogP contribution >= 0.6 is 0 Å². The van der Waals surface area contributed by atoms with E-state index in [-0.39, 0.29) is 28.8 Å². The lowest BCUT2D eigenvalue weighted by Crippen LogP contribution is -2.51. The molecular weight excluding hydrogens is 549 g/mol. The maximum atomic E-state index is 13.9. The average molecular weight is 586 g/mol. The molecule has 1 atom stereocenters. The van der Waals surface area contributed by atoms with E-state index in [9.17, 15) is 22.4 Å². The molecule has 11 heteroatoms. The van der Waals surface area contributed by atoms with E-state index in [1.165, 1.54) is 67.7 Å². The first-order chi connectivity index (χ1) is 19.6. The molecule has 3 rings (SSSR count). The first-order valence-corrected chi connectivity index (χ1v) is 14.7. The molecule has 0 saturated carbocycles. The van der Waals surface area contributed by atoms with Gasteiger partial charge in [-0.25, -0.2) is 12.8 Å². The number of nitrogens with one attached hydrogen (secondary N) is 1. The minimum absolute atomic E-state index is 0.0157. The highest BCUT2D eigenvalue weighted by atomic mass is 32.2.